The monoisotopic (exact) mass is 334 g/mol. The van der Waals surface area contributed by atoms with Gasteiger partial charge in [-0.05, 0) is 53.8 Å². The standard InChI is InChI=1S/C17H16F2N2O3/c18-14-5-10-1-2-16(13(10)7-15(14)19)21-17(24)20-8-9-3-11(22)6-12(23)4-9/h3-7,16,22-23H,1-2,8H2,(H2,20,21,24). The molecule has 3 rings (SSSR count). The number of fused-ring (bicyclic) bond motifs is 1. The zero-order valence-electron chi connectivity index (χ0n) is 12.6. The van der Waals surface area contributed by atoms with Gasteiger partial charge in [0, 0.05) is 12.6 Å². The second-order valence-corrected chi connectivity index (χ2v) is 5.74. The number of halogens is 2. The molecule has 1 unspecified atom stereocenters. The molecular weight excluding hydrogens is 318 g/mol. The number of hydrogen-bond acceptors (Lipinski definition) is 3. The number of aryl methyl sites for hydroxylation is 1. The maximum absolute atomic E-state index is 13.4. The van der Waals surface area contributed by atoms with Crippen LogP contribution in [0.4, 0.5) is 13.6 Å². The molecule has 5 nitrogen and oxygen atoms in total. The first-order valence-corrected chi connectivity index (χ1v) is 7.46. The Balaban J connectivity index is 1.62. The van der Waals surface area contributed by atoms with Crippen molar-refractivity contribution in [1.29, 1.82) is 0 Å². The van der Waals surface area contributed by atoms with Gasteiger partial charge in [0.1, 0.15) is 11.5 Å². The number of nitrogens with one attached hydrogen (secondary N) is 2. The molecule has 0 fully saturated rings. The minimum Gasteiger partial charge on any atom is -0.508 e. The summed E-state index contributed by atoms with van der Waals surface area (Å²) < 4.78 is 26.6. The molecule has 1 atom stereocenters. The number of benzene rings is 2. The molecule has 4 N–H and O–H groups in total. The van der Waals surface area contributed by atoms with Gasteiger partial charge in [-0.15, -0.1) is 0 Å². The molecule has 7 heteroatoms. The third kappa shape index (κ3) is 3.40. The second-order valence-electron chi connectivity index (χ2n) is 5.74. The summed E-state index contributed by atoms with van der Waals surface area (Å²) in [5, 5.41) is 24.1. The molecule has 0 aliphatic heterocycles. The van der Waals surface area contributed by atoms with Crippen LogP contribution in [0.1, 0.15) is 29.2 Å². The van der Waals surface area contributed by atoms with E-state index in [4.69, 9.17) is 0 Å². The lowest BCUT2D eigenvalue weighted by Gasteiger charge is -2.15. The number of carbonyl (C=O) groups is 1. The lowest BCUT2D eigenvalue weighted by Crippen LogP contribution is -2.36. The Hall–Kier alpha value is -2.83. The van der Waals surface area contributed by atoms with E-state index in [1.54, 1.807) is 0 Å². The van der Waals surface area contributed by atoms with Crippen LogP contribution in [0.25, 0.3) is 0 Å². The van der Waals surface area contributed by atoms with Gasteiger partial charge in [-0.2, -0.15) is 0 Å². The van der Waals surface area contributed by atoms with Crippen molar-refractivity contribution in [2.24, 2.45) is 0 Å². The average molecular weight is 334 g/mol. The zero-order valence-corrected chi connectivity index (χ0v) is 12.6. The van der Waals surface area contributed by atoms with Crippen LogP contribution in [-0.4, -0.2) is 16.2 Å². The number of carbonyl (C=O) groups excluding carboxylic acids is 1. The van der Waals surface area contributed by atoms with Gasteiger partial charge in [0.05, 0.1) is 6.04 Å². The highest BCUT2D eigenvalue weighted by molar-refractivity contribution is 5.74. The van der Waals surface area contributed by atoms with Crippen molar-refractivity contribution in [2.75, 3.05) is 0 Å². The van der Waals surface area contributed by atoms with E-state index >= 15 is 0 Å². The zero-order chi connectivity index (χ0) is 17.3. The predicted molar refractivity (Wildman–Crippen MR) is 82.6 cm³/mol. The van der Waals surface area contributed by atoms with E-state index in [2.05, 4.69) is 10.6 Å². The fourth-order valence-corrected chi connectivity index (χ4v) is 2.90. The van der Waals surface area contributed by atoms with E-state index in [1.807, 2.05) is 0 Å². The molecule has 24 heavy (non-hydrogen) atoms. The molecule has 2 aromatic rings. The minimum absolute atomic E-state index is 0.102. The average Bonchev–Trinajstić information content (AvgIpc) is 2.87. The van der Waals surface area contributed by atoms with Crippen LogP contribution < -0.4 is 10.6 Å². The molecule has 0 heterocycles. The van der Waals surface area contributed by atoms with E-state index in [0.29, 0.717) is 29.5 Å². The summed E-state index contributed by atoms with van der Waals surface area (Å²) in [6.07, 6.45) is 1.14. The SMILES string of the molecule is O=C(NCc1cc(O)cc(O)c1)NC1CCc2cc(F)c(F)cc21. The van der Waals surface area contributed by atoms with Crippen LogP contribution in [-0.2, 0) is 13.0 Å². The largest absolute Gasteiger partial charge is 0.508 e. The Kier molecular flexibility index (Phi) is 4.24. The number of aromatic hydroxyl groups is 2. The summed E-state index contributed by atoms with van der Waals surface area (Å²) in [5.41, 5.74) is 1.80. The lowest BCUT2D eigenvalue weighted by molar-refractivity contribution is 0.236. The van der Waals surface area contributed by atoms with Crippen molar-refractivity contribution < 1.29 is 23.8 Å². The van der Waals surface area contributed by atoms with Gasteiger partial charge in [0.2, 0.25) is 0 Å². The summed E-state index contributed by atoms with van der Waals surface area (Å²) in [5.74, 6) is -2.02. The number of phenols is 2. The van der Waals surface area contributed by atoms with Crippen molar-refractivity contribution in [3.63, 3.8) is 0 Å². The van der Waals surface area contributed by atoms with Crippen LogP contribution in [0.5, 0.6) is 11.5 Å². The molecule has 0 aromatic heterocycles. The highest BCUT2D eigenvalue weighted by atomic mass is 19.2. The molecule has 0 radical (unpaired) electrons. The Bertz CT molecular complexity index is 775. The summed E-state index contributed by atoms with van der Waals surface area (Å²) in [6.45, 7) is 0.102. The highest BCUT2D eigenvalue weighted by Gasteiger charge is 2.25. The normalized spacial score (nSPS) is 15.8. The molecule has 126 valence electrons. The minimum atomic E-state index is -0.932. The second kappa shape index (κ2) is 6.35. The van der Waals surface area contributed by atoms with Crippen molar-refractivity contribution in [2.45, 2.75) is 25.4 Å². The van der Waals surface area contributed by atoms with Gasteiger partial charge in [0.25, 0.3) is 0 Å². The molecule has 1 aliphatic rings. The topological polar surface area (TPSA) is 81.6 Å². The smallest absolute Gasteiger partial charge is 0.315 e. The summed E-state index contributed by atoms with van der Waals surface area (Å²) >= 11 is 0. The molecule has 1 aliphatic carbocycles. The number of phenolic OH excluding ortho intramolecular Hbond substituents is 2. The third-order valence-electron chi connectivity index (χ3n) is 3.98. The fraction of sp³-hybridized carbons (Fsp3) is 0.235. The van der Waals surface area contributed by atoms with Crippen LogP contribution in [0.2, 0.25) is 0 Å². The van der Waals surface area contributed by atoms with Crippen molar-refractivity contribution in [3.8, 4) is 11.5 Å². The van der Waals surface area contributed by atoms with Gasteiger partial charge >= 0.3 is 6.03 Å². The quantitative estimate of drug-likeness (QED) is 0.697. The summed E-state index contributed by atoms with van der Waals surface area (Å²) in [6, 6.07) is 5.46. The van der Waals surface area contributed by atoms with E-state index in [1.165, 1.54) is 24.3 Å². The van der Waals surface area contributed by atoms with E-state index in [-0.39, 0.29) is 24.1 Å². The molecule has 0 saturated carbocycles. The number of rotatable bonds is 3. The van der Waals surface area contributed by atoms with Gasteiger partial charge in [0.15, 0.2) is 11.6 Å². The Morgan fingerprint density at radius 2 is 1.75 bits per heavy atom. The first-order valence-electron chi connectivity index (χ1n) is 7.46. The Morgan fingerprint density at radius 3 is 2.46 bits per heavy atom. The van der Waals surface area contributed by atoms with Gasteiger partial charge in [-0.25, -0.2) is 13.6 Å². The van der Waals surface area contributed by atoms with Gasteiger partial charge < -0.3 is 20.8 Å². The molecule has 2 aromatic carbocycles. The first kappa shape index (κ1) is 16.0. The van der Waals surface area contributed by atoms with Gasteiger partial charge in [-0.1, -0.05) is 0 Å². The Morgan fingerprint density at radius 1 is 1.08 bits per heavy atom. The molecule has 0 saturated heterocycles. The van der Waals surface area contributed by atoms with E-state index in [9.17, 15) is 23.8 Å². The summed E-state index contributed by atoms with van der Waals surface area (Å²) in [7, 11) is 0. The maximum Gasteiger partial charge on any atom is 0.315 e. The molecule has 0 bridgehead atoms. The van der Waals surface area contributed by atoms with Gasteiger partial charge in [-0.3, -0.25) is 0 Å². The van der Waals surface area contributed by atoms with Crippen molar-refractivity contribution in [1.82, 2.24) is 10.6 Å². The van der Waals surface area contributed by atoms with Crippen molar-refractivity contribution >= 4 is 6.03 Å². The third-order valence-corrected chi connectivity index (χ3v) is 3.98. The number of hydrogen-bond donors (Lipinski definition) is 4. The van der Waals surface area contributed by atoms with Crippen molar-refractivity contribution in [3.05, 3.63) is 58.7 Å². The van der Waals surface area contributed by atoms with E-state index in [0.717, 1.165) is 6.07 Å². The molecular formula is C17H16F2N2O3. The van der Waals surface area contributed by atoms with Crippen LogP contribution in [0.15, 0.2) is 30.3 Å². The number of urea groups is 1. The number of amides is 2. The molecule has 0 spiro atoms. The van der Waals surface area contributed by atoms with Crippen LogP contribution in [0.3, 0.4) is 0 Å². The predicted octanol–water partition coefficient (Wildman–Crippen LogP) is 2.86. The first-order chi connectivity index (χ1) is 11.4. The van der Waals surface area contributed by atoms with Crippen LogP contribution >= 0.6 is 0 Å². The van der Waals surface area contributed by atoms with E-state index < -0.39 is 17.7 Å². The maximum atomic E-state index is 13.4. The fourth-order valence-electron chi connectivity index (χ4n) is 2.90. The highest BCUT2D eigenvalue weighted by Crippen LogP contribution is 2.32. The van der Waals surface area contributed by atoms with Crippen LogP contribution in [0, 0.1) is 11.6 Å². The lowest BCUT2D eigenvalue weighted by atomic mass is 10.1. The molecule has 2 amide bonds. The summed E-state index contributed by atoms with van der Waals surface area (Å²) in [4.78, 5) is 12.0. The Labute approximate surface area is 136 Å².